The second-order valence-corrected chi connectivity index (χ2v) is 2.78. The SMILES string of the molecule is N[C@H](c1ccc(F)c(F)c1F)C(F)(F)F. The molecule has 1 aromatic rings. The quantitative estimate of drug-likeness (QED) is 0.581. The summed E-state index contributed by atoms with van der Waals surface area (Å²) >= 11 is 0. The highest BCUT2D eigenvalue weighted by Crippen LogP contribution is 2.32. The van der Waals surface area contributed by atoms with Gasteiger partial charge in [-0.25, -0.2) is 13.2 Å². The highest BCUT2D eigenvalue weighted by atomic mass is 19.4. The Morgan fingerprint density at radius 3 is 2.00 bits per heavy atom. The second-order valence-electron chi connectivity index (χ2n) is 2.78. The van der Waals surface area contributed by atoms with Crippen LogP contribution in [0.15, 0.2) is 12.1 Å². The van der Waals surface area contributed by atoms with E-state index in [1.54, 1.807) is 0 Å². The van der Waals surface area contributed by atoms with Crippen LogP contribution in [0.5, 0.6) is 0 Å². The first-order valence-corrected chi connectivity index (χ1v) is 3.71. The smallest absolute Gasteiger partial charge is 0.316 e. The molecule has 84 valence electrons. The van der Waals surface area contributed by atoms with Gasteiger partial charge in [0.25, 0.3) is 0 Å². The average molecular weight is 229 g/mol. The van der Waals surface area contributed by atoms with Crippen LogP contribution in [-0.2, 0) is 0 Å². The van der Waals surface area contributed by atoms with Crippen LogP contribution < -0.4 is 5.73 Å². The van der Waals surface area contributed by atoms with Crippen molar-refractivity contribution in [2.45, 2.75) is 12.2 Å². The van der Waals surface area contributed by atoms with Crippen molar-refractivity contribution in [3.63, 3.8) is 0 Å². The predicted molar refractivity (Wildman–Crippen MR) is 39.3 cm³/mol. The van der Waals surface area contributed by atoms with E-state index in [0.29, 0.717) is 12.1 Å². The van der Waals surface area contributed by atoms with E-state index >= 15 is 0 Å². The Bertz CT molecular complexity index is 372. The summed E-state index contributed by atoms with van der Waals surface area (Å²) in [6, 6.07) is -1.82. The number of hydrogen-bond acceptors (Lipinski definition) is 1. The molecule has 0 radical (unpaired) electrons. The Balaban J connectivity index is 3.23. The van der Waals surface area contributed by atoms with Gasteiger partial charge in [-0.05, 0) is 6.07 Å². The summed E-state index contributed by atoms with van der Waals surface area (Å²) in [7, 11) is 0. The number of benzene rings is 1. The molecule has 1 aromatic carbocycles. The topological polar surface area (TPSA) is 26.0 Å². The molecule has 1 atom stereocenters. The fourth-order valence-corrected chi connectivity index (χ4v) is 0.957. The van der Waals surface area contributed by atoms with Crippen molar-refractivity contribution >= 4 is 0 Å². The van der Waals surface area contributed by atoms with E-state index in [0.717, 1.165) is 0 Å². The van der Waals surface area contributed by atoms with Gasteiger partial charge in [0.15, 0.2) is 17.5 Å². The minimum atomic E-state index is -4.91. The molecule has 0 amide bonds. The van der Waals surface area contributed by atoms with E-state index < -0.39 is 35.2 Å². The first-order valence-electron chi connectivity index (χ1n) is 3.71. The molecule has 0 aliphatic heterocycles. The molecule has 7 heteroatoms. The van der Waals surface area contributed by atoms with Crippen LogP contribution in [0.25, 0.3) is 0 Å². The van der Waals surface area contributed by atoms with E-state index in [4.69, 9.17) is 0 Å². The third-order valence-corrected chi connectivity index (χ3v) is 1.75. The molecular weight excluding hydrogens is 224 g/mol. The fourth-order valence-electron chi connectivity index (χ4n) is 0.957. The van der Waals surface area contributed by atoms with E-state index in [1.807, 2.05) is 0 Å². The monoisotopic (exact) mass is 229 g/mol. The summed E-state index contributed by atoms with van der Waals surface area (Å²) in [5.41, 5.74) is 3.51. The Morgan fingerprint density at radius 1 is 1.00 bits per heavy atom. The first-order chi connectivity index (χ1) is 6.75. The molecule has 0 saturated heterocycles. The molecule has 0 aliphatic carbocycles. The van der Waals surface area contributed by atoms with Crippen molar-refractivity contribution in [1.29, 1.82) is 0 Å². The van der Waals surface area contributed by atoms with E-state index in [9.17, 15) is 26.3 Å². The molecule has 1 nitrogen and oxygen atoms in total. The third kappa shape index (κ3) is 2.23. The lowest BCUT2D eigenvalue weighted by atomic mass is 10.1. The lowest BCUT2D eigenvalue weighted by Crippen LogP contribution is -2.29. The molecule has 2 N–H and O–H groups in total. The van der Waals surface area contributed by atoms with E-state index in [1.165, 1.54) is 0 Å². The fraction of sp³-hybridized carbons (Fsp3) is 0.250. The minimum Gasteiger partial charge on any atom is -0.316 e. The van der Waals surface area contributed by atoms with Crippen LogP contribution in [0.4, 0.5) is 26.3 Å². The number of hydrogen-bond donors (Lipinski definition) is 1. The van der Waals surface area contributed by atoms with E-state index in [-0.39, 0.29) is 0 Å². The molecule has 1 rings (SSSR count). The first kappa shape index (κ1) is 11.8. The van der Waals surface area contributed by atoms with Gasteiger partial charge in [0.05, 0.1) is 0 Å². The number of alkyl halides is 3. The van der Waals surface area contributed by atoms with E-state index in [2.05, 4.69) is 5.73 Å². The Hall–Kier alpha value is -1.24. The van der Waals surface area contributed by atoms with Crippen molar-refractivity contribution in [2.24, 2.45) is 5.73 Å². The van der Waals surface area contributed by atoms with Gasteiger partial charge in [0.2, 0.25) is 0 Å². The molecule has 0 spiro atoms. The third-order valence-electron chi connectivity index (χ3n) is 1.75. The van der Waals surface area contributed by atoms with Crippen molar-refractivity contribution in [3.8, 4) is 0 Å². The van der Waals surface area contributed by atoms with Crippen LogP contribution in [0.2, 0.25) is 0 Å². The van der Waals surface area contributed by atoms with Crippen molar-refractivity contribution in [3.05, 3.63) is 35.1 Å². The average Bonchev–Trinajstić information content (AvgIpc) is 2.12. The van der Waals surface area contributed by atoms with Gasteiger partial charge in [-0.3, -0.25) is 0 Å². The number of nitrogens with two attached hydrogens (primary N) is 1. The van der Waals surface area contributed by atoms with Gasteiger partial charge in [-0.1, -0.05) is 6.07 Å². The Morgan fingerprint density at radius 2 is 1.53 bits per heavy atom. The van der Waals surface area contributed by atoms with Crippen LogP contribution in [0.3, 0.4) is 0 Å². The van der Waals surface area contributed by atoms with Gasteiger partial charge >= 0.3 is 6.18 Å². The minimum absolute atomic E-state index is 0.388. The van der Waals surface area contributed by atoms with Crippen LogP contribution >= 0.6 is 0 Å². The molecule has 0 fully saturated rings. The van der Waals surface area contributed by atoms with Crippen LogP contribution in [0.1, 0.15) is 11.6 Å². The van der Waals surface area contributed by atoms with Crippen LogP contribution in [-0.4, -0.2) is 6.18 Å². The largest absolute Gasteiger partial charge is 0.407 e. The summed E-state index contributed by atoms with van der Waals surface area (Å²) in [6.07, 6.45) is -4.91. The van der Waals surface area contributed by atoms with Gasteiger partial charge in [0.1, 0.15) is 6.04 Å². The Labute approximate surface area is 80.5 Å². The van der Waals surface area contributed by atoms with Gasteiger partial charge in [-0.15, -0.1) is 0 Å². The van der Waals surface area contributed by atoms with Gasteiger partial charge in [0, 0.05) is 5.56 Å². The second kappa shape index (κ2) is 3.73. The number of rotatable bonds is 1. The van der Waals surface area contributed by atoms with Gasteiger partial charge in [-0.2, -0.15) is 13.2 Å². The summed E-state index contributed by atoms with van der Waals surface area (Å²) in [4.78, 5) is 0. The highest BCUT2D eigenvalue weighted by Gasteiger charge is 2.40. The maximum absolute atomic E-state index is 12.8. The lowest BCUT2D eigenvalue weighted by molar-refractivity contribution is -0.149. The maximum atomic E-state index is 12.8. The summed E-state index contributed by atoms with van der Waals surface area (Å²) in [6.45, 7) is 0. The summed E-state index contributed by atoms with van der Waals surface area (Å²) in [5.74, 6) is -5.45. The zero-order valence-corrected chi connectivity index (χ0v) is 7.08. The molecule has 15 heavy (non-hydrogen) atoms. The highest BCUT2D eigenvalue weighted by molar-refractivity contribution is 5.24. The van der Waals surface area contributed by atoms with Crippen molar-refractivity contribution in [1.82, 2.24) is 0 Å². The normalized spacial score (nSPS) is 14.1. The zero-order valence-electron chi connectivity index (χ0n) is 7.08. The van der Waals surface area contributed by atoms with Crippen LogP contribution in [0, 0.1) is 17.5 Å². The summed E-state index contributed by atoms with van der Waals surface area (Å²) < 4.78 is 73.9. The number of halogens is 6. The van der Waals surface area contributed by atoms with Crippen molar-refractivity contribution < 1.29 is 26.3 Å². The molecule has 0 unspecified atom stereocenters. The predicted octanol–water partition coefficient (Wildman–Crippen LogP) is 2.67. The lowest BCUT2D eigenvalue weighted by Gasteiger charge is -2.16. The Kier molecular flexibility index (Phi) is 2.94. The molecule has 0 aromatic heterocycles. The molecular formula is C8H5F6N. The standard InChI is InChI=1S/C8H5F6N/c9-4-2-1-3(5(10)6(4)11)7(15)8(12,13)14/h1-2,7H,15H2/t7-/m1/s1. The summed E-state index contributed by atoms with van der Waals surface area (Å²) in [5, 5.41) is 0. The van der Waals surface area contributed by atoms with Gasteiger partial charge < -0.3 is 5.73 Å². The molecule has 0 saturated carbocycles. The molecule has 0 bridgehead atoms. The molecule has 0 heterocycles. The maximum Gasteiger partial charge on any atom is 0.407 e. The molecule has 0 aliphatic rings. The zero-order chi connectivity index (χ0) is 11.8. The van der Waals surface area contributed by atoms with Crippen molar-refractivity contribution in [2.75, 3.05) is 0 Å².